The molecule has 0 amide bonds. The maximum absolute atomic E-state index is 13.8. The minimum absolute atomic E-state index is 0.0480. The molecule has 2 rings (SSSR count). The lowest BCUT2D eigenvalue weighted by atomic mass is 10.0. The predicted molar refractivity (Wildman–Crippen MR) is 82.9 cm³/mol. The van der Waals surface area contributed by atoms with Crippen molar-refractivity contribution in [1.82, 2.24) is 4.98 Å². The van der Waals surface area contributed by atoms with E-state index in [1.54, 1.807) is 19.1 Å². The van der Waals surface area contributed by atoms with Gasteiger partial charge < -0.3 is 10.1 Å². The molecule has 134 valence electrons. The molecule has 0 saturated heterocycles. The Labute approximate surface area is 141 Å². The lowest BCUT2D eigenvalue weighted by molar-refractivity contribution is -0.144. The molecule has 0 aliphatic heterocycles. The van der Waals surface area contributed by atoms with Crippen molar-refractivity contribution >= 4 is 11.7 Å². The van der Waals surface area contributed by atoms with E-state index in [-0.39, 0.29) is 13.0 Å². The Morgan fingerprint density at radius 3 is 2.28 bits per heavy atom. The second kappa shape index (κ2) is 8.46. The van der Waals surface area contributed by atoms with Crippen molar-refractivity contribution in [2.45, 2.75) is 25.8 Å². The first-order valence-corrected chi connectivity index (χ1v) is 7.61. The Balaban J connectivity index is 2.23. The van der Waals surface area contributed by atoms with Crippen molar-refractivity contribution in [3.63, 3.8) is 0 Å². The summed E-state index contributed by atoms with van der Waals surface area (Å²) in [5.74, 6) is -7.78. The van der Waals surface area contributed by atoms with Crippen molar-refractivity contribution in [3.05, 3.63) is 59.4 Å². The number of hydrogen-bond donors (Lipinski definition) is 1. The topological polar surface area (TPSA) is 51.2 Å². The highest BCUT2D eigenvalue weighted by Crippen LogP contribution is 2.24. The smallest absolute Gasteiger partial charge is 0.328 e. The summed E-state index contributed by atoms with van der Waals surface area (Å²) in [6.07, 6.45) is 0.490. The Hall–Kier alpha value is -2.64. The van der Waals surface area contributed by atoms with E-state index in [1.807, 2.05) is 18.2 Å². The number of nitrogens with zero attached hydrogens (tertiary/aromatic N) is 1. The van der Waals surface area contributed by atoms with Crippen LogP contribution < -0.4 is 5.32 Å². The Morgan fingerprint density at radius 2 is 1.72 bits per heavy atom. The molecule has 0 aliphatic rings. The number of nitrogens with one attached hydrogen (secondary N) is 1. The van der Waals surface area contributed by atoms with Crippen molar-refractivity contribution in [2.75, 3.05) is 11.9 Å². The summed E-state index contributed by atoms with van der Waals surface area (Å²) in [6, 6.07) is 7.86. The van der Waals surface area contributed by atoms with E-state index in [0.29, 0.717) is 6.42 Å². The molecule has 0 spiro atoms. The number of anilines is 1. The molecular weight excluding hydrogens is 340 g/mol. The molecule has 8 heteroatoms. The summed E-state index contributed by atoms with van der Waals surface area (Å²) < 4.78 is 58.8. The van der Waals surface area contributed by atoms with E-state index in [0.717, 1.165) is 5.56 Å². The number of aryl methyl sites for hydroxylation is 1. The SMILES string of the molecule is CCOC(=O)C(CCc1ccccc1)Nc1c(F)c(F)nc(F)c1F. The molecule has 4 nitrogen and oxygen atoms in total. The monoisotopic (exact) mass is 356 g/mol. The summed E-state index contributed by atoms with van der Waals surface area (Å²) >= 11 is 0. The molecule has 1 aromatic heterocycles. The van der Waals surface area contributed by atoms with Gasteiger partial charge in [-0.2, -0.15) is 22.5 Å². The van der Waals surface area contributed by atoms with Gasteiger partial charge in [0.15, 0.2) is 0 Å². The van der Waals surface area contributed by atoms with Gasteiger partial charge >= 0.3 is 5.97 Å². The van der Waals surface area contributed by atoms with Crippen LogP contribution in [0.2, 0.25) is 0 Å². The predicted octanol–water partition coefficient (Wildman–Crippen LogP) is 3.61. The highest BCUT2D eigenvalue weighted by Gasteiger charge is 2.27. The summed E-state index contributed by atoms with van der Waals surface area (Å²) in [4.78, 5) is 14.5. The van der Waals surface area contributed by atoms with Gasteiger partial charge in [0.25, 0.3) is 11.9 Å². The van der Waals surface area contributed by atoms with Crippen molar-refractivity contribution in [1.29, 1.82) is 0 Å². The molecule has 0 bridgehead atoms. The molecule has 1 heterocycles. The van der Waals surface area contributed by atoms with Gasteiger partial charge in [-0.15, -0.1) is 0 Å². The van der Waals surface area contributed by atoms with E-state index in [2.05, 4.69) is 10.3 Å². The minimum atomic E-state index is -1.80. The maximum Gasteiger partial charge on any atom is 0.328 e. The van der Waals surface area contributed by atoms with E-state index in [1.165, 1.54) is 0 Å². The number of carbonyl (C=O) groups is 1. The molecular formula is C17H16F4N2O2. The number of hydrogen-bond acceptors (Lipinski definition) is 4. The van der Waals surface area contributed by atoms with Crippen LogP contribution in [0.3, 0.4) is 0 Å². The van der Waals surface area contributed by atoms with Crippen molar-refractivity contribution in [2.24, 2.45) is 0 Å². The number of halogens is 4. The van der Waals surface area contributed by atoms with Gasteiger partial charge in [0.2, 0.25) is 11.6 Å². The van der Waals surface area contributed by atoms with Gasteiger partial charge in [0.1, 0.15) is 11.7 Å². The molecule has 0 radical (unpaired) electrons. The molecule has 0 aliphatic carbocycles. The van der Waals surface area contributed by atoms with Gasteiger partial charge in [0.05, 0.1) is 6.61 Å². The third-order valence-electron chi connectivity index (χ3n) is 3.45. The number of benzene rings is 1. The summed E-state index contributed by atoms with van der Waals surface area (Å²) in [5.41, 5.74) is -0.206. The number of ether oxygens (including phenoxy) is 1. The number of rotatable bonds is 7. The number of pyridine rings is 1. The average molecular weight is 356 g/mol. The molecule has 1 N–H and O–H groups in total. The molecule has 1 unspecified atom stereocenters. The second-order valence-corrected chi connectivity index (χ2v) is 5.17. The Bertz CT molecular complexity index is 715. The first-order chi connectivity index (χ1) is 11.9. The first-order valence-electron chi connectivity index (χ1n) is 7.61. The fourth-order valence-electron chi connectivity index (χ4n) is 2.24. The van der Waals surface area contributed by atoms with Crippen LogP contribution in [-0.4, -0.2) is 23.6 Å². The van der Waals surface area contributed by atoms with E-state index in [9.17, 15) is 22.4 Å². The van der Waals surface area contributed by atoms with Crippen LogP contribution in [0.5, 0.6) is 0 Å². The van der Waals surface area contributed by atoms with E-state index < -0.39 is 41.2 Å². The lowest BCUT2D eigenvalue weighted by Gasteiger charge is -2.19. The summed E-state index contributed by atoms with van der Waals surface area (Å²) in [5, 5.41) is 2.21. The molecule has 0 fully saturated rings. The number of carbonyl (C=O) groups excluding carboxylic acids is 1. The zero-order chi connectivity index (χ0) is 18.4. The minimum Gasteiger partial charge on any atom is -0.464 e. The highest BCUT2D eigenvalue weighted by atomic mass is 19.2. The van der Waals surface area contributed by atoms with E-state index >= 15 is 0 Å². The fourth-order valence-corrected chi connectivity index (χ4v) is 2.24. The van der Waals surface area contributed by atoms with Crippen LogP contribution in [0.15, 0.2) is 30.3 Å². The Kier molecular flexibility index (Phi) is 6.32. The lowest BCUT2D eigenvalue weighted by Crippen LogP contribution is -2.33. The molecule has 1 aromatic carbocycles. The number of esters is 1. The van der Waals surface area contributed by atoms with Gasteiger partial charge in [-0.05, 0) is 25.3 Å². The third kappa shape index (κ3) is 4.68. The fraction of sp³-hybridized carbons (Fsp3) is 0.294. The van der Waals surface area contributed by atoms with Gasteiger partial charge in [0, 0.05) is 0 Å². The molecule has 1 atom stereocenters. The quantitative estimate of drug-likeness (QED) is 0.468. The zero-order valence-corrected chi connectivity index (χ0v) is 13.4. The van der Waals surface area contributed by atoms with Gasteiger partial charge in [-0.25, -0.2) is 4.79 Å². The second-order valence-electron chi connectivity index (χ2n) is 5.17. The molecule has 2 aromatic rings. The summed E-state index contributed by atoms with van der Waals surface area (Å²) in [6.45, 7) is 1.62. The van der Waals surface area contributed by atoms with Crippen LogP contribution in [0, 0.1) is 23.5 Å². The molecule has 0 saturated carbocycles. The van der Waals surface area contributed by atoms with Crippen molar-refractivity contribution < 1.29 is 27.1 Å². The van der Waals surface area contributed by atoms with Crippen LogP contribution in [-0.2, 0) is 16.0 Å². The van der Waals surface area contributed by atoms with Crippen LogP contribution >= 0.6 is 0 Å². The van der Waals surface area contributed by atoms with E-state index in [4.69, 9.17) is 4.74 Å². The average Bonchev–Trinajstić information content (AvgIpc) is 2.60. The van der Waals surface area contributed by atoms with Crippen molar-refractivity contribution in [3.8, 4) is 0 Å². The van der Waals surface area contributed by atoms with Crippen LogP contribution in [0.25, 0.3) is 0 Å². The number of aromatic nitrogens is 1. The van der Waals surface area contributed by atoms with Crippen LogP contribution in [0.4, 0.5) is 23.2 Å². The first kappa shape index (κ1) is 18.7. The third-order valence-corrected chi connectivity index (χ3v) is 3.45. The van der Waals surface area contributed by atoms with Crippen LogP contribution in [0.1, 0.15) is 18.9 Å². The maximum atomic E-state index is 13.8. The normalized spacial score (nSPS) is 11.9. The Morgan fingerprint density at radius 1 is 1.12 bits per heavy atom. The molecule has 25 heavy (non-hydrogen) atoms. The standard InChI is InChI=1S/C17H16F4N2O2/c1-2-25-17(24)11(9-8-10-6-4-3-5-7-10)22-14-12(18)15(20)23-16(21)13(14)19/h3-7,11H,2,8-9H2,1H3,(H,22,23). The zero-order valence-electron chi connectivity index (χ0n) is 13.4. The largest absolute Gasteiger partial charge is 0.464 e. The summed E-state index contributed by atoms with van der Waals surface area (Å²) in [7, 11) is 0. The highest BCUT2D eigenvalue weighted by molar-refractivity contribution is 5.79. The van der Waals surface area contributed by atoms with Gasteiger partial charge in [-0.1, -0.05) is 30.3 Å². The van der Waals surface area contributed by atoms with Gasteiger partial charge in [-0.3, -0.25) is 0 Å².